The first kappa shape index (κ1) is 14.7. The predicted molar refractivity (Wildman–Crippen MR) is 55.8 cm³/mol. The number of hydrogen-bond donors (Lipinski definition) is 1. The maximum absolute atomic E-state index is 13.5. The van der Waals surface area contributed by atoms with Gasteiger partial charge in [-0.1, -0.05) is 15.9 Å². The smallest absolute Gasteiger partial charge is 0.388 e. The highest BCUT2D eigenvalue weighted by molar-refractivity contribution is 9.09. The van der Waals surface area contributed by atoms with Crippen LogP contribution in [0.4, 0.5) is 22.0 Å². The SMILES string of the molecule is [C-]#[N+]/C(SC(F)(F)F)=C1\C(F)C(O)C(Br)C1F. The molecule has 0 saturated heterocycles. The molecule has 1 N–H and O–H groups in total. The van der Waals surface area contributed by atoms with E-state index in [9.17, 15) is 22.0 Å². The molecular formula is C8H5BrF5NOS. The highest BCUT2D eigenvalue weighted by atomic mass is 79.9. The largest absolute Gasteiger partial charge is 0.435 e. The fourth-order valence-corrected chi connectivity index (χ4v) is 2.49. The van der Waals surface area contributed by atoms with E-state index < -0.39 is 51.1 Å². The van der Waals surface area contributed by atoms with E-state index in [0.717, 1.165) is 0 Å². The molecule has 2 nitrogen and oxygen atoms in total. The van der Waals surface area contributed by atoms with Gasteiger partial charge in [0.1, 0.15) is 18.4 Å². The fraction of sp³-hybridized carbons (Fsp3) is 0.625. The Morgan fingerprint density at radius 2 is 1.88 bits per heavy atom. The van der Waals surface area contributed by atoms with Gasteiger partial charge in [-0.3, -0.25) is 0 Å². The van der Waals surface area contributed by atoms with Crippen molar-refractivity contribution in [3.63, 3.8) is 0 Å². The van der Waals surface area contributed by atoms with Crippen LogP contribution in [0.1, 0.15) is 0 Å². The number of nitrogens with zero attached hydrogens (tertiary/aromatic N) is 1. The van der Waals surface area contributed by atoms with Gasteiger partial charge in [0.05, 0.1) is 11.4 Å². The van der Waals surface area contributed by atoms with Crippen LogP contribution in [0.25, 0.3) is 4.85 Å². The molecule has 17 heavy (non-hydrogen) atoms. The van der Waals surface area contributed by atoms with Gasteiger partial charge in [0.15, 0.2) is 0 Å². The minimum atomic E-state index is -4.80. The van der Waals surface area contributed by atoms with Crippen molar-refractivity contribution < 1.29 is 27.1 Å². The molecule has 1 saturated carbocycles. The van der Waals surface area contributed by atoms with Crippen molar-refractivity contribution in [3.05, 3.63) is 22.0 Å². The summed E-state index contributed by atoms with van der Waals surface area (Å²) in [6.45, 7) is 6.53. The molecule has 0 amide bonds. The average molecular weight is 338 g/mol. The summed E-state index contributed by atoms with van der Waals surface area (Å²) in [4.78, 5) is 1.14. The van der Waals surface area contributed by atoms with E-state index in [1.165, 1.54) is 0 Å². The van der Waals surface area contributed by atoms with Gasteiger partial charge in [-0.15, -0.1) is 0 Å². The summed E-state index contributed by atoms with van der Waals surface area (Å²) in [6.07, 6.45) is -6.27. The molecule has 1 rings (SSSR count). The van der Waals surface area contributed by atoms with Crippen LogP contribution in [0.15, 0.2) is 10.6 Å². The minimum absolute atomic E-state index is 0.876. The summed E-state index contributed by atoms with van der Waals surface area (Å²) in [6, 6.07) is 0. The number of halogens is 6. The van der Waals surface area contributed by atoms with Gasteiger partial charge in [-0.05, 0) is 11.8 Å². The highest BCUT2D eigenvalue weighted by Crippen LogP contribution is 2.45. The lowest BCUT2D eigenvalue weighted by atomic mass is 10.2. The molecule has 0 aliphatic heterocycles. The first-order chi connectivity index (χ1) is 7.69. The summed E-state index contributed by atoms with van der Waals surface area (Å²) >= 11 is 1.76. The van der Waals surface area contributed by atoms with Crippen molar-refractivity contribution in [1.29, 1.82) is 0 Å². The molecule has 0 spiro atoms. The lowest BCUT2D eigenvalue weighted by Crippen LogP contribution is -2.24. The van der Waals surface area contributed by atoms with E-state index in [-0.39, 0.29) is 0 Å². The molecule has 4 atom stereocenters. The third kappa shape index (κ3) is 3.11. The number of alkyl halides is 6. The quantitative estimate of drug-likeness (QED) is 0.451. The number of aliphatic hydroxyl groups is 1. The van der Waals surface area contributed by atoms with Crippen molar-refractivity contribution in [3.8, 4) is 0 Å². The molecule has 1 fully saturated rings. The highest BCUT2D eigenvalue weighted by Gasteiger charge is 2.49. The van der Waals surface area contributed by atoms with Crippen LogP contribution in [-0.4, -0.2) is 33.9 Å². The maximum atomic E-state index is 13.5. The van der Waals surface area contributed by atoms with Crippen molar-refractivity contribution in [2.24, 2.45) is 0 Å². The van der Waals surface area contributed by atoms with Crippen LogP contribution in [-0.2, 0) is 0 Å². The van der Waals surface area contributed by atoms with Gasteiger partial charge in [-0.25, -0.2) is 13.6 Å². The molecule has 0 aromatic heterocycles. The molecule has 9 heteroatoms. The normalized spacial score (nSPS) is 36.8. The van der Waals surface area contributed by atoms with Gasteiger partial charge >= 0.3 is 5.51 Å². The molecule has 0 heterocycles. The van der Waals surface area contributed by atoms with E-state index in [4.69, 9.17) is 11.7 Å². The van der Waals surface area contributed by atoms with Crippen molar-refractivity contribution >= 4 is 27.7 Å². The third-order valence-electron chi connectivity index (χ3n) is 2.06. The van der Waals surface area contributed by atoms with Crippen LogP contribution in [0.2, 0.25) is 0 Å². The summed E-state index contributed by atoms with van der Waals surface area (Å²) < 4.78 is 63.0. The topological polar surface area (TPSA) is 24.6 Å². The Morgan fingerprint density at radius 1 is 1.35 bits per heavy atom. The molecule has 4 unspecified atom stereocenters. The summed E-state index contributed by atoms with van der Waals surface area (Å²) in [7, 11) is 0. The van der Waals surface area contributed by atoms with E-state index in [0.29, 0.717) is 0 Å². The summed E-state index contributed by atoms with van der Waals surface area (Å²) in [5.74, 6) is 0. The minimum Gasteiger partial charge on any atom is -0.388 e. The summed E-state index contributed by atoms with van der Waals surface area (Å²) in [5, 5.41) is 8.05. The first-order valence-corrected chi connectivity index (χ1v) is 5.89. The van der Waals surface area contributed by atoms with Crippen molar-refractivity contribution in [2.45, 2.75) is 28.8 Å². The van der Waals surface area contributed by atoms with E-state index in [2.05, 4.69) is 20.8 Å². The van der Waals surface area contributed by atoms with Gasteiger partial charge in [0.2, 0.25) is 5.03 Å². The van der Waals surface area contributed by atoms with E-state index >= 15 is 0 Å². The van der Waals surface area contributed by atoms with Crippen LogP contribution in [0.5, 0.6) is 0 Å². The second-order valence-corrected chi connectivity index (χ2v) is 5.27. The second kappa shape index (κ2) is 5.12. The molecule has 0 aromatic carbocycles. The number of rotatable bonds is 1. The lowest BCUT2D eigenvalue weighted by Gasteiger charge is -2.10. The van der Waals surface area contributed by atoms with Crippen LogP contribution >= 0.6 is 27.7 Å². The fourth-order valence-electron chi connectivity index (χ4n) is 1.33. The van der Waals surface area contributed by atoms with Gasteiger partial charge in [0, 0.05) is 5.57 Å². The zero-order valence-corrected chi connectivity index (χ0v) is 10.3. The zero-order chi connectivity index (χ0) is 13.4. The first-order valence-electron chi connectivity index (χ1n) is 4.16. The van der Waals surface area contributed by atoms with Gasteiger partial charge < -0.3 is 5.11 Å². The van der Waals surface area contributed by atoms with Crippen molar-refractivity contribution in [2.75, 3.05) is 0 Å². The molecular weight excluding hydrogens is 333 g/mol. The standard InChI is InChI=1S/C8H5BrF5NOS/c1-15-7(17-8(12,13)14)2-4(10)3(9)6(16)5(2)11/h3-6,16H/b7-2+. The number of hydrogen-bond acceptors (Lipinski definition) is 2. The Labute approximate surface area is 106 Å². The Balaban J connectivity index is 3.14. The molecule has 0 radical (unpaired) electrons. The van der Waals surface area contributed by atoms with E-state index in [1.807, 2.05) is 0 Å². The molecule has 0 bridgehead atoms. The molecule has 1 aliphatic carbocycles. The van der Waals surface area contributed by atoms with Crippen molar-refractivity contribution in [1.82, 2.24) is 0 Å². The van der Waals surface area contributed by atoms with Crippen LogP contribution < -0.4 is 0 Å². The Hall–Kier alpha value is -0.330. The number of thioether (sulfide) groups is 1. The van der Waals surface area contributed by atoms with Crippen LogP contribution in [0.3, 0.4) is 0 Å². The number of aliphatic hydroxyl groups excluding tert-OH is 1. The van der Waals surface area contributed by atoms with Gasteiger partial charge in [-0.2, -0.15) is 13.2 Å². The molecule has 1 aliphatic rings. The predicted octanol–water partition coefficient (Wildman–Crippen LogP) is 3.18. The third-order valence-corrected chi connectivity index (χ3v) is 3.82. The maximum Gasteiger partial charge on any atom is 0.435 e. The van der Waals surface area contributed by atoms with Gasteiger partial charge in [0.25, 0.3) is 0 Å². The Kier molecular flexibility index (Phi) is 4.43. The monoisotopic (exact) mass is 337 g/mol. The zero-order valence-electron chi connectivity index (χ0n) is 7.88. The summed E-state index contributed by atoms with van der Waals surface area (Å²) in [5.41, 5.74) is -5.75. The second-order valence-electron chi connectivity index (χ2n) is 3.16. The lowest BCUT2D eigenvalue weighted by molar-refractivity contribution is -0.0321. The van der Waals surface area contributed by atoms with E-state index in [1.54, 1.807) is 0 Å². The Morgan fingerprint density at radius 3 is 2.18 bits per heavy atom. The Bertz CT molecular complexity index is 363. The molecule has 96 valence electrons. The van der Waals surface area contributed by atoms with Crippen LogP contribution in [0, 0.1) is 6.57 Å². The average Bonchev–Trinajstić information content (AvgIpc) is 2.40. The molecule has 0 aromatic rings.